The summed E-state index contributed by atoms with van der Waals surface area (Å²) >= 11 is 8.39. The van der Waals surface area contributed by atoms with Crippen LogP contribution >= 0.6 is 28.1 Å². The van der Waals surface area contributed by atoms with Crippen LogP contribution in [0.25, 0.3) is 0 Å². The van der Waals surface area contributed by atoms with Crippen LogP contribution in [0.2, 0.25) is 0 Å². The molecule has 19 heavy (non-hydrogen) atoms. The highest BCUT2D eigenvalue weighted by Crippen LogP contribution is 2.28. The fourth-order valence-corrected chi connectivity index (χ4v) is 2.64. The monoisotopic (exact) mass is 338 g/mol. The molecule has 5 heteroatoms. The van der Waals surface area contributed by atoms with Gasteiger partial charge in [0.15, 0.2) is 0 Å². The van der Waals surface area contributed by atoms with E-state index in [2.05, 4.69) is 15.9 Å². The molecule has 0 atom stereocenters. The highest BCUT2D eigenvalue weighted by Gasteiger charge is 2.08. The summed E-state index contributed by atoms with van der Waals surface area (Å²) in [5.74, 6) is -0.261. The Morgan fingerprint density at radius 1 is 1.21 bits per heavy atom. The second-order valence-electron chi connectivity index (χ2n) is 4.07. The lowest BCUT2D eigenvalue weighted by atomic mass is 10.2. The van der Waals surface area contributed by atoms with Gasteiger partial charge in [-0.05, 0) is 52.3 Å². The first kappa shape index (κ1) is 14.0. The van der Waals surface area contributed by atoms with Crippen LogP contribution < -0.4 is 10.6 Å². The standard InChI is InChI=1S/C14H12BrFN2S/c1-18(10-4-2-3-9(16)7-10)11-5-6-12(14(17)19)13(15)8-11/h2-8H,1H3,(H2,17,19). The molecule has 0 aromatic heterocycles. The number of halogens is 2. The molecule has 0 aliphatic heterocycles. The zero-order valence-electron chi connectivity index (χ0n) is 10.2. The number of hydrogen-bond acceptors (Lipinski definition) is 2. The van der Waals surface area contributed by atoms with E-state index >= 15 is 0 Å². The van der Waals surface area contributed by atoms with Crippen molar-refractivity contribution in [1.29, 1.82) is 0 Å². The second-order valence-corrected chi connectivity index (χ2v) is 5.36. The Labute approximate surface area is 125 Å². The van der Waals surface area contributed by atoms with E-state index in [1.54, 1.807) is 6.07 Å². The maximum absolute atomic E-state index is 13.2. The van der Waals surface area contributed by atoms with Crippen molar-refractivity contribution in [1.82, 2.24) is 0 Å². The van der Waals surface area contributed by atoms with Gasteiger partial charge >= 0.3 is 0 Å². The minimum atomic E-state index is -0.261. The molecule has 0 fully saturated rings. The van der Waals surface area contributed by atoms with Crippen LogP contribution in [0.4, 0.5) is 15.8 Å². The van der Waals surface area contributed by atoms with Crippen molar-refractivity contribution in [3.63, 3.8) is 0 Å². The third-order valence-electron chi connectivity index (χ3n) is 2.80. The summed E-state index contributed by atoms with van der Waals surface area (Å²) in [7, 11) is 1.87. The average molecular weight is 339 g/mol. The first-order chi connectivity index (χ1) is 8.99. The van der Waals surface area contributed by atoms with Crippen LogP contribution in [0, 0.1) is 5.82 Å². The minimum absolute atomic E-state index is 0.261. The lowest BCUT2D eigenvalue weighted by Crippen LogP contribution is -2.13. The first-order valence-corrected chi connectivity index (χ1v) is 6.78. The Kier molecular flexibility index (Phi) is 4.17. The molecule has 98 valence electrons. The van der Waals surface area contributed by atoms with E-state index in [1.807, 2.05) is 36.2 Å². The van der Waals surface area contributed by atoms with Crippen molar-refractivity contribution in [3.8, 4) is 0 Å². The van der Waals surface area contributed by atoms with Gasteiger partial charge < -0.3 is 10.6 Å². The average Bonchev–Trinajstić information content (AvgIpc) is 2.37. The Hall–Kier alpha value is -1.46. The number of hydrogen-bond donors (Lipinski definition) is 1. The summed E-state index contributed by atoms with van der Waals surface area (Å²) in [6.07, 6.45) is 0. The molecule has 0 heterocycles. The fraction of sp³-hybridized carbons (Fsp3) is 0.0714. The lowest BCUT2D eigenvalue weighted by molar-refractivity contribution is 0.628. The molecule has 0 amide bonds. The largest absolute Gasteiger partial charge is 0.389 e. The second kappa shape index (κ2) is 5.67. The maximum atomic E-state index is 13.2. The quantitative estimate of drug-likeness (QED) is 0.858. The van der Waals surface area contributed by atoms with Crippen LogP contribution in [-0.4, -0.2) is 12.0 Å². The van der Waals surface area contributed by atoms with Gasteiger partial charge in [0.05, 0.1) is 0 Å². The van der Waals surface area contributed by atoms with Crippen molar-refractivity contribution in [2.75, 3.05) is 11.9 Å². The Balaban J connectivity index is 2.37. The molecule has 0 unspecified atom stereocenters. The third kappa shape index (κ3) is 3.11. The summed E-state index contributed by atoms with van der Waals surface area (Å²) in [6, 6.07) is 12.1. The van der Waals surface area contributed by atoms with E-state index in [4.69, 9.17) is 18.0 Å². The molecule has 0 aliphatic carbocycles. The molecule has 0 saturated carbocycles. The zero-order valence-corrected chi connectivity index (χ0v) is 12.6. The fourth-order valence-electron chi connectivity index (χ4n) is 1.75. The van der Waals surface area contributed by atoms with Crippen molar-refractivity contribution in [2.24, 2.45) is 5.73 Å². The smallest absolute Gasteiger partial charge is 0.125 e. The number of rotatable bonds is 3. The van der Waals surface area contributed by atoms with Crippen molar-refractivity contribution >= 4 is 44.5 Å². The predicted octanol–water partition coefficient (Wildman–Crippen LogP) is 3.99. The van der Waals surface area contributed by atoms with E-state index in [0.29, 0.717) is 4.99 Å². The summed E-state index contributed by atoms with van der Waals surface area (Å²) in [5, 5.41) is 0. The van der Waals surface area contributed by atoms with E-state index in [1.165, 1.54) is 12.1 Å². The van der Waals surface area contributed by atoms with Gasteiger partial charge in [0.2, 0.25) is 0 Å². The molecule has 0 saturated heterocycles. The van der Waals surface area contributed by atoms with Gasteiger partial charge in [-0.15, -0.1) is 0 Å². The molecule has 0 aliphatic rings. The molecule has 0 radical (unpaired) electrons. The van der Waals surface area contributed by atoms with E-state index in [0.717, 1.165) is 21.4 Å². The molecule has 2 aromatic carbocycles. The van der Waals surface area contributed by atoms with Crippen LogP contribution in [0.5, 0.6) is 0 Å². The first-order valence-electron chi connectivity index (χ1n) is 5.57. The van der Waals surface area contributed by atoms with Crippen LogP contribution in [-0.2, 0) is 0 Å². The zero-order chi connectivity index (χ0) is 14.0. The van der Waals surface area contributed by atoms with Crippen molar-refractivity contribution in [2.45, 2.75) is 0 Å². The number of nitrogens with zero attached hydrogens (tertiary/aromatic N) is 1. The highest BCUT2D eigenvalue weighted by molar-refractivity contribution is 9.10. The summed E-state index contributed by atoms with van der Waals surface area (Å²) in [4.78, 5) is 2.23. The summed E-state index contributed by atoms with van der Waals surface area (Å²) in [6.45, 7) is 0. The van der Waals surface area contributed by atoms with Gasteiger partial charge in [-0.3, -0.25) is 0 Å². The maximum Gasteiger partial charge on any atom is 0.125 e. The Morgan fingerprint density at radius 2 is 1.89 bits per heavy atom. The van der Waals surface area contributed by atoms with Gasteiger partial charge in [0, 0.05) is 28.5 Å². The molecule has 0 spiro atoms. The Morgan fingerprint density at radius 3 is 2.47 bits per heavy atom. The van der Waals surface area contributed by atoms with Gasteiger partial charge in [-0.25, -0.2) is 4.39 Å². The molecule has 2 rings (SSSR count). The summed E-state index contributed by atoms with van der Waals surface area (Å²) < 4.78 is 14.0. The molecular formula is C14H12BrFN2S. The number of thiocarbonyl (C=S) groups is 1. The molecule has 2 nitrogen and oxygen atoms in total. The van der Waals surface area contributed by atoms with Crippen molar-refractivity contribution in [3.05, 3.63) is 58.3 Å². The molecule has 2 aromatic rings. The van der Waals surface area contributed by atoms with Crippen molar-refractivity contribution < 1.29 is 4.39 Å². The third-order valence-corrected chi connectivity index (χ3v) is 3.68. The van der Waals surface area contributed by atoms with E-state index < -0.39 is 0 Å². The Bertz CT molecular complexity index is 631. The molecule has 2 N–H and O–H groups in total. The topological polar surface area (TPSA) is 29.3 Å². The van der Waals surface area contributed by atoms with Gasteiger partial charge in [0.1, 0.15) is 10.8 Å². The van der Waals surface area contributed by atoms with E-state index in [9.17, 15) is 4.39 Å². The number of anilines is 2. The van der Waals surface area contributed by atoms with Gasteiger partial charge in [0.25, 0.3) is 0 Å². The number of nitrogens with two attached hydrogens (primary N) is 1. The lowest BCUT2D eigenvalue weighted by Gasteiger charge is -2.20. The molecular weight excluding hydrogens is 327 g/mol. The normalized spacial score (nSPS) is 10.3. The number of benzene rings is 2. The van der Waals surface area contributed by atoms with Gasteiger partial charge in [-0.1, -0.05) is 18.3 Å². The van der Waals surface area contributed by atoms with Gasteiger partial charge in [-0.2, -0.15) is 0 Å². The highest BCUT2D eigenvalue weighted by atomic mass is 79.9. The van der Waals surface area contributed by atoms with Crippen LogP contribution in [0.15, 0.2) is 46.9 Å². The van der Waals surface area contributed by atoms with Crippen LogP contribution in [0.1, 0.15) is 5.56 Å². The van der Waals surface area contributed by atoms with Crippen LogP contribution in [0.3, 0.4) is 0 Å². The SMILES string of the molecule is CN(c1cccc(F)c1)c1ccc(C(N)=S)c(Br)c1. The summed E-state index contributed by atoms with van der Waals surface area (Å²) in [5.41, 5.74) is 8.08. The molecule has 0 bridgehead atoms. The van der Waals surface area contributed by atoms with E-state index in [-0.39, 0.29) is 5.82 Å². The minimum Gasteiger partial charge on any atom is -0.389 e. The predicted molar refractivity (Wildman–Crippen MR) is 84.5 cm³/mol.